The zero-order chi connectivity index (χ0) is 49.2. The summed E-state index contributed by atoms with van der Waals surface area (Å²) in [5.74, 6) is -0.844. The predicted molar refractivity (Wildman–Crippen MR) is 282 cm³/mol. The predicted octanol–water partition coefficient (Wildman–Crippen LogP) is 15.9. The van der Waals surface area contributed by atoms with Crippen molar-refractivity contribution in [3.63, 3.8) is 0 Å². The summed E-state index contributed by atoms with van der Waals surface area (Å²) in [6, 6.07) is 0. The fourth-order valence-corrected chi connectivity index (χ4v) is 7.99. The van der Waals surface area contributed by atoms with Crippen molar-refractivity contribution >= 4 is 19.8 Å². The minimum atomic E-state index is -4.64. The lowest BCUT2D eigenvalue weighted by Crippen LogP contribution is -2.37. The molecule has 0 aromatic heterocycles. The van der Waals surface area contributed by atoms with E-state index < -0.39 is 32.5 Å². The van der Waals surface area contributed by atoms with E-state index in [1.165, 1.54) is 103 Å². The molecule has 0 heterocycles. The van der Waals surface area contributed by atoms with Crippen molar-refractivity contribution in [1.29, 1.82) is 0 Å². The molecule has 2 unspecified atom stereocenters. The van der Waals surface area contributed by atoms with Crippen LogP contribution in [0.2, 0.25) is 0 Å². The average molecular weight is 960 g/mol. The van der Waals surface area contributed by atoms with Gasteiger partial charge in [-0.25, -0.2) is 0 Å². The van der Waals surface area contributed by atoms with E-state index in [0.717, 1.165) is 89.9 Å². The summed E-state index contributed by atoms with van der Waals surface area (Å²) >= 11 is 0. The first-order valence-corrected chi connectivity index (χ1v) is 28.6. The smallest absolute Gasteiger partial charge is 0.306 e. The molecular formula is C57H102NO8P. The molecule has 0 N–H and O–H groups in total. The Labute approximate surface area is 412 Å². The highest BCUT2D eigenvalue weighted by Crippen LogP contribution is 2.38. The second-order valence-corrected chi connectivity index (χ2v) is 20.6. The maximum atomic E-state index is 12.8. The Morgan fingerprint density at radius 2 is 0.851 bits per heavy atom. The van der Waals surface area contributed by atoms with E-state index in [1.807, 2.05) is 21.1 Å². The van der Waals surface area contributed by atoms with Crippen LogP contribution in [0.25, 0.3) is 0 Å². The second kappa shape index (κ2) is 48.5. The van der Waals surface area contributed by atoms with E-state index in [-0.39, 0.29) is 26.1 Å². The Bertz CT molecular complexity index is 1360. The SMILES string of the molecule is CC/C=C\C/C=C\C/C=C\C/C=C\C/C=C\CCCCCCCCCCCCCCCC(=O)OC(COC(=O)CCCCCCC/C=C\CCCCCCC)COP(=O)([O-])OCC[N+](C)(C)C. The molecule has 0 saturated heterocycles. The van der Waals surface area contributed by atoms with E-state index in [2.05, 4.69) is 86.8 Å². The van der Waals surface area contributed by atoms with Gasteiger partial charge in [-0.05, 0) is 83.5 Å². The van der Waals surface area contributed by atoms with Crippen LogP contribution < -0.4 is 4.89 Å². The fourth-order valence-electron chi connectivity index (χ4n) is 7.27. The maximum absolute atomic E-state index is 12.8. The first kappa shape index (κ1) is 64.5. The van der Waals surface area contributed by atoms with Crippen molar-refractivity contribution in [2.45, 2.75) is 232 Å². The Hall–Kier alpha value is -2.55. The third-order valence-electron chi connectivity index (χ3n) is 11.5. The molecule has 67 heavy (non-hydrogen) atoms. The van der Waals surface area contributed by atoms with Gasteiger partial charge >= 0.3 is 11.9 Å². The summed E-state index contributed by atoms with van der Waals surface area (Å²) in [5.41, 5.74) is 0. The van der Waals surface area contributed by atoms with E-state index in [4.69, 9.17) is 18.5 Å². The van der Waals surface area contributed by atoms with Gasteiger partial charge < -0.3 is 27.9 Å². The van der Waals surface area contributed by atoms with Crippen molar-refractivity contribution < 1.29 is 42.1 Å². The van der Waals surface area contributed by atoms with Gasteiger partial charge in [0, 0.05) is 12.8 Å². The van der Waals surface area contributed by atoms with Crippen LogP contribution in [0.4, 0.5) is 0 Å². The zero-order valence-corrected chi connectivity index (χ0v) is 44.7. The van der Waals surface area contributed by atoms with E-state index >= 15 is 0 Å². The van der Waals surface area contributed by atoms with E-state index in [9.17, 15) is 19.0 Å². The van der Waals surface area contributed by atoms with E-state index in [0.29, 0.717) is 17.4 Å². The maximum Gasteiger partial charge on any atom is 0.306 e. The third-order valence-corrected chi connectivity index (χ3v) is 12.4. The lowest BCUT2D eigenvalue weighted by atomic mass is 10.0. The average Bonchev–Trinajstić information content (AvgIpc) is 3.29. The number of ether oxygens (including phenoxy) is 2. The van der Waals surface area contributed by atoms with E-state index in [1.54, 1.807) is 0 Å². The van der Waals surface area contributed by atoms with Crippen LogP contribution >= 0.6 is 7.82 Å². The van der Waals surface area contributed by atoms with Gasteiger partial charge in [0.15, 0.2) is 6.10 Å². The van der Waals surface area contributed by atoms with Gasteiger partial charge in [-0.3, -0.25) is 14.2 Å². The Balaban J connectivity index is 4.15. The highest BCUT2D eigenvalue weighted by Gasteiger charge is 2.21. The van der Waals surface area contributed by atoms with Crippen LogP contribution in [0.5, 0.6) is 0 Å². The highest BCUT2D eigenvalue weighted by atomic mass is 31.2. The number of phosphoric ester groups is 1. The Kier molecular flexibility index (Phi) is 46.6. The van der Waals surface area contributed by atoms with Crippen LogP contribution in [0.3, 0.4) is 0 Å². The van der Waals surface area contributed by atoms with Crippen molar-refractivity contribution in [2.75, 3.05) is 47.5 Å². The molecule has 0 aliphatic heterocycles. The molecule has 2 atom stereocenters. The number of carbonyl (C=O) groups excluding carboxylic acids is 2. The van der Waals surface area contributed by atoms with Crippen LogP contribution in [0, 0.1) is 0 Å². The van der Waals surface area contributed by atoms with Crippen molar-refractivity contribution in [1.82, 2.24) is 0 Å². The lowest BCUT2D eigenvalue weighted by molar-refractivity contribution is -0.870. The molecule has 388 valence electrons. The van der Waals surface area contributed by atoms with Crippen LogP contribution in [-0.4, -0.2) is 70.0 Å². The van der Waals surface area contributed by atoms with Gasteiger partial charge in [-0.1, -0.05) is 202 Å². The molecule has 10 heteroatoms. The second-order valence-electron chi connectivity index (χ2n) is 19.2. The topological polar surface area (TPSA) is 111 Å². The van der Waals surface area contributed by atoms with Crippen molar-refractivity contribution in [2.24, 2.45) is 0 Å². The molecule has 0 rings (SSSR count). The number of esters is 2. The number of unbranched alkanes of at least 4 members (excludes halogenated alkanes) is 23. The molecule has 0 aliphatic rings. The molecule has 9 nitrogen and oxygen atoms in total. The molecule has 0 bridgehead atoms. The molecule has 0 aliphatic carbocycles. The number of hydrogen-bond acceptors (Lipinski definition) is 8. The largest absolute Gasteiger partial charge is 0.756 e. The summed E-state index contributed by atoms with van der Waals surface area (Å²) in [5, 5.41) is 0. The van der Waals surface area contributed by atoms with Crippen molar-refractivity contribution in [3.05, 3.63) is 72.9 Å². The number of carbonyl (C=O) groups is 2. The Morgan fingerprint density at radius 1 is 0.478 bits per heavy atom. The summed E-state index contributed by atoms with van der Waals surface area (Å²) < 4.78 is 34.1. The fraction of sp³-hybridized carbons (Fsp3) is 0.754. The van der Waals surface area contributed by atoms with Crippen LogP contribution in [-0.2, 0) is 32.7 Å². The normalized spacial score (nSPS) is 13.9. The number of allylic oxidation sites excluding steroid dienone is 12. The first-order chi connectivity index (χ1) is 32.5. The number of rotatable bonds is 49. The van der Waals surface area contributed by atoms with Gasteiger partial charge in [-0.2, -0.15) is 0 Å². The number of quaternary nitrogens is 1. The van der Waals surface area contributed by atoms with Gasteiger partial charge in [0.25, 0.3) is 7.82 Å². The molecule has 0 radical (unpaired) electrons. The summed E-state index contributed by atoms with van der Waals surface area (Å²) in [6.45, 7) is 4.11. The third kappa shape index (κ3) is 52.7. The molecule has 0 amide bonds. The quantitative estimate of drug-likeness (QED) is 0.0195. The molecule has 0 spiro atoms. The minimum absolute atomic E-state index is 0.0342. The number of hydrogen-bond donors (Lipinski definition) is 0. The van der Waals surface area contributed by atoms with Crippen molar-refractivity contribution in [3.8, 4) is 0 Å². The highest BCUT2D eigenvalue weighted by molar-refractivity contribution is 7.45. The van der Waals surface area contributed by atoms with Gasteiger partial charge in [0.05, 0.1) is 27.7 Å². The Morgan fingerprint density at radius 3 is 1.28 bits per heavy atom. The number of phosphoric acid groups is 1. The minimum Gasteiger partial charge on any atom is -0.756 e. The number of nitrogens with zero attached hydrogens (tertiary/aromatic N) is 1. The zero-order valence-electron chi connectivity index (χ0n) is 43.8. The number of likely N-dealkylation sites (N-methyl/N-ethyl adjacent to an activating group) is 1. The standard InChI is InChI=1S/C57H102NO8P/c1-6-8-10-12-14-16-18-20-22-23-24-25-26-27-28-29-30-31-32-33-34-35-36-38-40-42-44-46-48-50-57(60)66-55(54-65-67(61,62)64-52-51-58(3,4)5)53-63-56(59)49-47-45-43-41-39-37-21-19-17-15-13-11-9-7-2/h8,10,14,16,19-22,24-25,27-28,55H,6-7,9,11-13,15,17-18,23,26,29-54H2,1-5H3/b10-8-,16-14-,21-19-,22-20-,25-24-,28-27-. The van der Waals surface area contributed by atoms with Gasteiger partial charge in [0.2, 0.25) is 0 Å². The molecular weight excluding hydrogens is 858 g/mol. The summed E-state index contributed by atoms with van der Waals surface area (Å²) in [7, 11) is 1.16. The molecule has 0 aromatic rings. The summed E-state index contributed by atoms with van der Waals surface area (Å²) in [6.07, 6.45) is 62.3. The molecule has 0 saturated carbocycles. The molecule has 0 fully saturated rings. The monoisotopic (exact) mass is 960 g/mol. The van der Waals surface area contributed by atoms with Crippen LogP contribution in [0.15, 0.2) is 72.9 Å². The first-order valence-electron chi connectivity index (χ1n) is 27.1. The summed E-state index contributed by atoms with van der Waals surface area (Å²) in [4.78, 5) is 37.7. The van der Waals surface area contributed by atoms with Gasteiger partial charge in [-0.15, -0.1) is 0 Å². The van der Waals surface area contributed by atoms with Crippen LogP contribution in [0.1, 0.15) is 226 Å². The van der Waals surface area contributed by atoms with Gasteiger partial charge in [0.1, 0.15) is 19.8 Å². The lowest BCUT2D eigenvalue weighted by Gasteiger charge is -2.28. The molecule has 0 aromatic carbocycles.